The molecule has 0 saturated heterocycles. The third-order valence-corrected chi connectivity index (χ3v) is 4.19. The first-order valence-electron chi connectivity index (χ1n) is 4.16. The van der Waals surface area contributed by atoms with E-state index in [2.05, 4.69) is 45.7 Å². The molecule has 0 aromatic carbocycles. The lowest BCUT2D eigenvalue weighted by Gasteiger charge is -2.38. The van der Waals surface area contributed by atoms with Gasteiger partial charge in [0.2, 0.25) is 0 Å². The van der Waals surface area contributed by atoms with Crippen molar-refractivity contribution >= 4 is 9.68 Å². The highest BCUT2D eigenvalue weighted by Crippen LogP contribution is 2.14. The number of hydrogen-bond donors (Lipinski definition) is 0. The minimum Gasteiger partial charge on any atom is -0.323 e. The van der Waals surface area contributed by atoms with E-state index in [4.69, 9.17) is 0 Å². The molecule has 0 aliphatic carbocycles. The van der Waals surface area contributed by atoms with Crippen molar-refractivity contribution in [1.29, 1.82) is 0 Å². The first-order valence-corrected chi connectivity index (χ1v) is 6.21. The van der Waals surface area contributed by atoms with Gasteiger partial charge in [0, 0.05) is 5.54 Å². The smallest absolute Gasteiger partial charge is 0.0929 e. The lowest BCUT2D eigenvalue weighted by atomic mass is 10.1. The molecule has 0 rings (SSSR count). The Balaban J connectivity index is 4.07. The van der Waals surface area contributed by atoms with Gasteiger partial charge in [-0.1, -0.05) is 20.4 Å². The van der Waals surface area contributed by atoms with Crippen LogP contribution in [-0.2, 0) is 0 Å². The third-order valence-electron chi connectivity index (χ3n) is 1.83. The van der Waals surface area contributed by atoms with Crippen LogP contribution in [0.4, 0.5) is 0 Å². The zero-order valence-corrected chi connectivity index (χ0v) is 9.65. The van der Waals surface area contributed by atoms with Crippen molar-refractivity contribution in [2.45, 2.75) is 52.7 Å². The summed E-state index contributed by atoms with van der Waals surface area (Å²) < 4.78 is 2.62. The van der Waals surface area contributed by atoms with Crippen LogP contribution in [0.3, 0.4) is 0 Å². The molecular weight excluding hydrogens is 138 g/mol. The Morgan fingerprint density at radius 1 is 1.20 bits per heavy atom. The standard InChI is InChI=1S/C8H21NSi/c1-7(2)9(10-6)8(3,4)5/h7H,10H2,1-6H3. The normalized spacial score (nSPS) is 14.4. The molecule has 0 aliphatic rings. The average Bonchev–Trinajstić information content (AvgIpc) is 1.60. The van der Waals surface area contributed by atoms with Crippen molar-refractivity contribution in [1.82, 2.24) is 4.57 Å². The first-order chi connectivity index (χ1) is 4.39. The van der Waals surface area contributed by atoms with Crippen molar-refractivity contribution in [3.8, 4) is 0 Å². The summed E-state index contributed by atoms with van der Waals surface area (Å²) >= 11 is 0. The molecule has 0 N–H and O–H groups in total. The van der Waals surface area contributed by atoms with E-state index in [9.17, 15) is 0 Å². The topological polar surface area (TPSA) is 3.24 Å². The van der Waals surface area contributed by atoms with E-state index in [1.54, 1.807) is 0 Å². The van der Waals surface area contributed by atoms with Gasteiger partial charge >= 0.3 is 0 Å². The quantitative estimate of drug-likeness (QED) is 0.554. The van der Waals surface area contributed by atoms with Crippen LogP contribution in [0.5, 0.6) is 0 Å². The lowest BCUT2D eigenvalue weighted by molar-refractivity contribution is 0.213. The molecule has 0 radical (unpaired) electrons. The Morgan fingerprint density at radius 2 is 1.60 bits per heavy atom. The van der Waals surface area contributed by atoms with Gasteiger partial charge in [-0.05, 0) is 26.8 Å². The number of rotatable bonds is 2. The van der Waals surface area contributed by atoms with Crippen molar-refractivity contribution < 1.29 is 0 Å². The molecule has 0 fully saturated rings. The van der Waals surface area contributed by atoms with Crippen LogP contribution >= 0.6 is 0 Å². The van der Waals surface area contributed by atoms with Crippen LogP contribution in [0.2, 0.25) is 6.55 Å². The minimum absolute atomic E-state index is 0.00965. The van der Waals surface area contributed by atoms with Crippen LogP contribution in [0.25, 0.3) is 0 Å². The summed E-state index contributed by atoms with van der Waals surface area (Å²) in [5.41, 5.74) is 0.384. The zero-order valence-electron chi connectivity index (χ0n) is 8.23. The Hall–Kier alpha value is 0.177. The van der Waals surface area contributed by atoms with Crippen LogP contribution in [0, 0.1) is 0 Å². The Bertz CT molecular complexity index is 93.9. The van der Waals surface area contributed by atoms with Crippen molar-refractivity contribution in [3.63, 3.8) is 0 Å². The average molecular weight is 159 g/mol. The van der Waals surface area contributed by atoms with Crippen molar-refractivity contribution in [2.24, 2.45) is 0 Å². The van der Waals surface area contributed by atoms with E-state index < -0.39 is 0 Å². The van der Waals surface area contributed by atoms with E-state index in [-0.39, 0.29) is 9.68 Å². The van der Waals surface area contributed by atoms with E-state index >= 15 is 0 Å². The summed E-state index contributed by atoms with van der Waals surface area (Å²) in [6.07, 6.45) is 0. The second-order valence-corrected chi connectivity index (χ2v) is 5.36. The zero-order chi connectivity index (χ0) is 8.36. The molecule has 0 unspecified atom stereocenters. The summed E-state index contributed by atoms with van der Waals surface area (Å²) in [5, 5.41) is 0. The molecule has 0 spiro atoms. The summed E-state index contributed by atoms with van der Waals surface area (Å²) in [7, 11) is 0.00965. The fourth-order valence-corrected chi connectivity index (χ4v) is 3.29. The molecule has 0 aromatic heterocycles. The maximum absolute atomic E-state index is 2.62. The monoisotopic (exact) mass is 159 g/mol. The maximum atomic E-state index is 2.62. The van der Waals surface area contributed by atoms with Crippen molar-refractivity contribution in [3.05, 3.63) is 0 Å². The second kappa shape index (κ2) is 3.53. The Morgan fingerprint density at radius 3 is 1.60 bits per heavy atom. The van der Waals surface area contributed by atoms with Crippen LogP contribution in [0.15, 0.2) is 0 Å². The predicted octanol–water partition coefficient (Wildman–Crippen LogP) is 1.63. The Kier molecular flexibility index (Phi) is 3.60. The van der Waals surface area contributed by atoms with Gasteiger partial charge in [0.1, 0.15) is 0 Å². The van der Waals surface area contributed by atoms with E-state index in [0.717, 1.165) is 6.04 Å². The summed E-state index contributed by atoms with van der Waals surface area (Å²) in [6.45, 7) is 13.8. The molecule has 0 bridgehead atoms. The first kappa shape index (κ1) is 10.2. The van der Waals surface area contributed by atoms with E-state index in [0.29, 0.717) is 5.54 Å². The molecule has 2 heteroatoms. The van der Waals surface area contributed by atoms with E-state index in [1.807, 2.05) is 0 Å². The number of hydrogen-bond acceptors (Lipinski definition) is 1. The highest BCUT2D eigenvalue weighted by molar-refractivity contribution is 6.30. The van der Waals surface area contributed by atoms with Crippen LogP contribution in [0.1, 0.15) is 34.6 Å². The molecule has 0 heterocycles. The van der Waals surface area contributed by atoms with E-state index in [1.165, 1.54) is 0 Å². The van der Waals surface area contributed by atoms with Crippen LogP contribution in [-0.4, -0.2) is 25.8 Å². The van der Waals surface area contributed by atoms with Gasteiger partial charge in [-0.3, -0.25) is 0 Å². The fraction of sp³-hybridized carbons (Fsp3) is 1.00. The molecule has 0 amide bonds. The van der Waals surface area contributed by atoms with Gasteiger partial charge in [0.05, 0.1) is 9.68 Å². The van der Waals surface area contributed by atoms with Gasteiger partial charge < -0.3 is 4.57 Å². The van der Waals surface area contributed by atoms with Crippen LogP contribution < -0.4 is 0 Å². The lowest BCUT2D eigenvalue weighted by Crippen LogP contribution is -2.47. The SMILES string of the molecule is C[SiH2]N(C(C)C)C(C)(C)C. The molecule has 0 aromatic rings. The van der Waals surface area contributed by atoms with Gasteiger partial charge in [-0.25, -0.2) is 0 Å². The van der Waals surface area contributed by atoms with Gasteiger partial charge in [-0.2, -0.15) is 0 Å². The highest BCUT2D eigenvalue weighted by atomic mass is 28.2. The molecule has 1 nitrogen and oxygen atoms in total. The summed E-state index contributed by atoms with van der Waals surface area (Å²) in [5.74, 6) is 0. The molecule has 0 saturated carbocycles. The van der Waals surface area contributed by atoms with Crippen molar-refractivity contribution in [2.75, 3.05) is 0 Å². The largest absolute Gasteiger partial charge is 0.323 e. The molecule has 0 atom stereocenters. The number of nitrogens with zero attached hydrogens (tertiary/aromatic N) is 1. The highest BCUT2D eigenvalue weighted by Gasteiger charge is 2.21. The molecular formula is C8H21NSi. The van der Waals surface area contributed by atoms with Gasteiger partial charge in [0.15, 0.2) is 0 Å². The van der Waals surface area contributed by atoms with Gasteiger partial charge in [-0.15, -0.1) is 0 Å². The Labute approximate surface area is 67.7 Å². The maximum Gasteiger partial charge on any atom is 0.0929 e. The predicted molar refractivity (Wildman–Crippen MR) is 51.1 cm³/mol. The summed E-state index contributed by atoms with van der Waals surface area (Å²) in [4.78, 5) is 0. The second-order valence-electron chi connectivity index (χ2n) is 4.05. The summed E-state index contributed by atoms with van der Waals surface area (Å²) in [6, 6.07) is 0.719. The molecule has 10 heavy (non-hydrogen) atoms. The van der Waals surface area contributed by atoms with Gasteiger partial charge in [0.25, 0.3) is 0 Å². The minimum atomic E-state index is 0.00965. The molecule has 62 valence electrons. The molecule has 0 aliphatic heterocycles. The third kappa shape index (κ3) is 2.84. The fourth-order valence-electron chi connectivity index (χ4n) is 1.61.